The average Bonchev–Trinajstić information content (AvgIpc) is 2.55. The Morgan fingerprint density at radius 3 is 2.23 bits per heavy atom. The monoisotopic (exact) mass is 362 g/mol. The van der Waals surface area contributed by atoms with E-state index in [1.165, 1.54) is 12.1 Å². The highest BCUT2D eigenvalue weighted by atomic mass is 19.1. The van der Waals surface area contributed by atoms with Gasteiger partial charge in [0.2, 0.25) is 0 Å². The molecule has 138 valence electrons. The van der Waals surface area contributed by atoms with Crippen LogP contribution in [0.15, 0.2) is 36.4 Å². The first-order chi connectivity index (χ1) is 12.0. The van der Waals surface area contributed by atoms with Gasteiger partial charge in [0.15, 0.2) is 6.29 Å². The van der Waals surface area contributed by atoms with E-state index in [4.69, 9.17) is 4.65 Å². The van der Waals surface area contributed by atoms with E-state index in [0.717, 1.165) is 12.1 Å². The van der Waals surface area contributed by atoms with E-state index < -0.39 is 30.0 Å². The van der Waals surface area contributed by atoms with E-state index in [1.54, 1.807) is 39.8 Å². The predicted octanol–water partition coefficient (Wildman–Crippen LogP) is 2.70. The largest absolute Gasteiger partial charge is 0.492 e. The summed E-state index contributed by atoms with van der Waals surface area (Å²) in [6, 6.07) is 7.98. The Labute approximate surface area is 151 Å². The fraction of sp³-hybridized carbons (Fsp3) is 0.316. The van der Waals surface area contributed by atoms with Crippen LogP contribution in [-0.4, -0.2) is 34.7 Å². The second-order valence-corrected chi connectivity index (χ2v) is 7.10. The molecule has 0 amide bonds. The molecule has 26 heavy (non-hydrogen) atoms. The summed E-state index contributed by atoms with van der Waals surface area (Å²) in [5, 5.41) is 20.7. The molecule has 0 aromatic heterocycles. The molecule has 0 heterocycles. The molecule has 0 saturated heterocycles. The first-order valence-electron chi connectivity index (χ1n) is 8.09. The second kappa shape index (κ2) is 7.27. The molecule has 0 atom stereocenters. The van der Waals surface area contributed by atoms with Gasteiger partial charge in [0, 0.05) is 5.56 Å². The van der Waals surface area contributed by atoms with E-state index in [0.29, 0.717) is 0 Å². The lowest BCUT2D eigenvalue weighted by atomic mass is 9.73. The Morgan fingerprint density at radius 2 is 1.65 bits per heavy atom. The molecule has 4 nitrogen and oxygen atoms in total. The number of carbonyl (C=O) groups is 1. The normalized spacial score (nSPS) is 12.2. The van der Waals surface area contributed by atoms with Crippen LogP contribution in [-0.2, 0) is 4.65 Å². The topological polar surface area (TPSA) is 66.8 Å². The molecule has 2 aromatic rings. The van der Waals surface area contributed by atoms with Gasteiger partial charge in [0.25, 0.3) is 0 Å². The average molecular weight is 362 g/mol. The smallest absolute Gasteiger partial charge is 0.423 e. The zero-order valence-electron chi connectivity index (χ0n) is 15.1. The van der Waals surface area contributed by atoms with Crippen molar-refractivity contribution in [3.05, 3.63) is 53.6 Å². The lowest BCUT2D eigenvalue weighted by molar-refractivity contribution is -0.0982. The van der Waals surface area contributed by atoms with Gasteiger partial charge in [-0.15, -0.1) is 0 Å². The van der Waals surface area contributed by atoms with Gasteiger partial charge >= 0.3 is 7.12 Å². The van der Waals surface area contributed by atoms with Crippen molar-refractivity contribution in [2.24, 2.45) is 0 Å². The number of hydrogen-bond donors (Lipinski definition) is 2. The van der Waals surface area contributed by atoms with Gasteiger partial charge < -0.3 is 14.8 Å². The van der Waals surface area contributed by atoms with E-state index in [1.807, 2.05) is 0 Å². The summed E-state index contributed by atoms with van der Waals surface area (Å²) in [5.74, 6) is -1.66. The first-order valence-corrected chi connectivity index (χ1v) is 8.09. The van der Waals surface area contributed by atoms with Crippen molar-refractivity contribution in [2.45, 2.75) is 38.9 Å². The summed E-state index contributed by atoms with van der Waals surface area (Å²) in [4.78, 5) is 10.8. The molecule has 7 heteroatoms. The summed E-state index contributed by atoms with van der Waals surface area (Å²) < 4.78 is 33.9. The SMILES string of the molecule is CC(C)(O)C(C)(C)OB(O)c1ccccc1-c1cc(F)c(C=O)cc1F. The molecule has 0 unspecified atom stereocenters. The number of aldehydes is 1. The Morgan fingerprint density at radius 1 is 1.04 bits per heavy atom. The van der Waals surface area contributed by atoms with Gasteiger partial charge in [0.1, 0.15) is 11.6 Å². The van der Waals surface area contributed by atoms with Crippen LogP contribution in [0.3, 0.4) is 0 Å². The van der Waals surface area contributed by atoms with Gasteiger partial charge in [-0.2, -0.15) is 0 Å². The predicted molar refractivity (Wildman–Crippen MR) is 96.3 cm³/mol. The summed E-state index contributed by atoms with van der Waals surface area (Å²) >= 11 is 0. The highest BCUT2D eigenvalue weighted by Gasteiger charge is 2.40. The number of halogens is 2. The standard InChI is InChI=1S/C19H21BF2O4/c1-18(2,24)19(3,4)26-20(25)15-8-6-5-7-13(15)14-10-16(21)12(11-23)9-17(14)22/h5-11,24-25H,1-4H3. The molecule has 0 aliphatic heterocycles. The molecule has 2 aromatic carbocycles. The quantitative estimate of drug-likeness (QED) is 0.613. The molecule has 0 bridgehead atoms. The van der Waals surface area contributed by atoms with E-state index in [9.17, 15) is 23.7 Å². The zero-order valence-corrected chi connectivity index (χ0v) is 15.1. The summed E-state index contributed by atoms with van der Waals surface area (Å²) in [6.07, 6.45) is 0.234. The fourth-order valence-corrected chi connectivity index (χ4v) is 2.30. The molecule has 0 radical (unpaired) electrons. The van der Waals surface area contributed by atoms with Crippen LogP contribution >= 0.6 is 0 Å². The maximum atomic E-state index is 14.4. The number of aliphatic hydroxyl groups is 1. The van der Waals surface area contributed by atoms with Crippen LogP contribution in [0, 0.1) is 11.6 Å². The van der Waals surface area contributed by atoms with E-state index in [2.05, 4.69) is 0 Å². The molecular weight excluding hydrogens is 341 g/mol. The molecule has 2 rings (SSSR count). The molecule has 0 saturated carbocycles. The summed E-state index contributed by atoms with van der Waals surface area (Å²) in [6.45, 7) is 6.30. The number of rotatable bonds is 6. The van der Waals surface area contributed by atoms with Crippen molar-refractivity contribution < 1.29 is 28.4 Å². The second-order valence-electron chi connectivity index (χ2n) is 7.10. The molecule has 2 N–H and O–H groups in total. The lowest BCUT2D eigenvalue weighted by Crippen LogP contribution is -2.53. The van der Waals surface area contributed by atoms with Gasteiger partial charge in [-0.25, -0.2) is 8.78 Å². The minimum atomic E-state index is -1.49. The molecule has 0 fully saturated rings. The Kier molecular flexibility index (Phi) is 5.65. The third kappa shape index (κ3) is 4.01. The van der Waals surface area contributed by atoms with Gasteiger partial charge in [0.05, 0.1) is 16.8 Å². The first kappa shape index (κ1) is 20.2. The van der Waals surface area contributed by atoms with Gasteiger partial charge in [-0.3, -0.25) is 4.79 Å². The van der Waals surface area contributed by atoms with Crippen molar-refractivity contribution in [1.82, 2.24) is 0 Å². The van der Waals surface area contributed by atoms with Crippen molar-refractivity contribution in [1.29, 1.82) is 0 Å². The Balaban J connectivity index is 2.49. The molecular formula is C19H21BF2O4. The molecule has 0 aliphatic rings. The van der Waals surface area contributed by atoms with Crippen LogP contribution in [0.2, 0.25) is 0 Å². The maximum absolute atomic E-state index is 14.4. The van der Waals surface area contributed by atoms with E-state index >= 15 is 0 Å². The van der Waals surface area contributed by atoms with Crippen LogP contribution in [0.1, 0.15) is 38.1 Å². The van der Waals surface area contributed by atoms with Crippen molar-refractivity contribution in [3.63, 3.8) is 0 Å². The lowest BCUT2D eigenvalue weighted by Gasteiger charge is -2.38. The van der Waals surface area contributed by atoms with Crippen LogP contribution in [0.25, 0.3) is 11.1 Å². The third-order valence-corrected chi connectivity index (χ3v) is 4.61. The fourth-order valence-electron chi connectivity index (χ4n) is 2.30. The maximum Gasteiger partial charge on any atom is 0.492 e. The number of hydrogen-bond acceptors (Lipinski definition) is 4. The highest BCUT2D eigenvalue weighted by Crippen LogP contribution is 2.28. The third-order valence-electron chi connectivity index (χ3n) is 4.61. The Hall–Kier alpha value is -2.09. The summed E-state index contributed by atoms with van der Waals surface area (Å²) in [7, 11) is -1.49. The zero-order chi connectivity index (χ0) is 19.7. The van der Waals surface area contributed by atoms with Gasteiger partial charge in [-0.05, 0) is 50.9 Å². The number of benzene rings is 2. The van der Waals surface area contributed by atoms with E-state index in [-0.39, 0.29) is 28.4 Å². The molecule has 0 spiro atoms. The van der Waals surface area contributed by atoms with Gasteiger partial charge in [-0.1, -0.05) is 24.3 Å². The number of carbonyl (C=O) groups excluding carboxylic acids is 1. The van der Waals surface area contributed by atoms with Crippen molar-refractivity contribution in [3.8, 4) is 11.1 Å². The molecule has 0 aliphatic carbocycles. The van der Waals surface area contributed by atoms with Crippen molar-refractivity contribution in [2.75, 3.05) is 0 Å². The minimum Gasteiger partial charge on any atom is -0.423 e. The minimum absolute atomic E-state index is 0.104. The highest BCUT2D eigenvalue weighted by molar-refractivity contribution is 6.62. The van der Waals surface area contributed by atoms with Crippen LogP contribution in [0.5, 0.6) is 0 Å². The Bertz CT molecular complexity index is 816. The van der Waals surface area contributed by atoms with Crippen molar-refractivity contribution >= 4 is 18.9 Å². The van der Waals surface area contributed by atoms with Crippen LogP contribution < -0.4 is 5.46 Å². The summed E-state index contributed by atoms with van der Waals surface area (Å²) in [5.41, 5.74) is -2.44. The van der Waals surface area contributed by atoms with Crippen LogP contribution in [0.4, 0.5) is 8.78 Å².